The van der Waals surface area contributed by atoms with Gasteiger partial charge in [0.15, 0.2) is 0 Å². The van der Waals surface area contributed by atoms with Gasteiger partial charge in [-0.25, -0.2) is 4.79 Å². The highest BCUT2D eigenvalue weighted by Gasteiger charge is 2.65. The molecule has 134 valence electrons. The number of nitrogens with zero attached hydrogens (tertiary/aromatic N) is 3. The summed E-state index contributed by atoms with van der Waals surface area (Å²) in [5.74, 6) is 3.45. The Morgan fingerprint density at radius 1 is 1.16 bits per heavy atom. The van der Waals surface area contributed by atoms with Crippen LogP contribution in [0.15, 0.2) is 24.4 Å². The quantitative estimate of drug-likeness (QED) is 0.920. The fourth-order valence-corrected chi connectivity index (χ4v) is 5.87. The van der Waals surface area contributed by atoms with Crippen LogP contribution in [-0.4, -0.2) is 53.0 Å². The average Bonchev–Trinajstić information content (AvgIpc) is 3.03. The minimum absolute atomic E-state index is 0.170. The lowest BCUT2D eigenvalue weighted by Gasteiger charge is -2.37. The molecule has 2 bridgehead atoms. The number of fused-ring (bicyclic) bond motifs is 5. The Balaban J connectivity index is 1.13. The Labute approximate surface area is 149 Å². The summed E-state index contributed by atoms with van der Waals surface area (Å²) in [5.41, 5.74) is 1.11. The van der Waals surface area contributed by atoms with Crippen LogP contribution >= 0.6 is 0 Å². The molecule has 1 aromatic rings. The molecule has 0 spiro atoms. The molecule has 1 aliphatic heterocycles. The highest BCUT2D eigenvalue weighted by Crippen LogP contribution is 2.65. The first-order valence-electron chi connectivity index (χ1n) is 9.93. The van der Waals surface area contributed by atoms with Gasteiger partial charge in [-0.15, -0.1) is 0 Å². The van der Waals surface area contributed by atoms with E-state index in [1.165, 1.54) is 19.3 Å². The van der Waals surface area contributed by atoms with Gasteiger partial charge in [0.25, 0.3) is 0 Å². The highest BCUT2D eigenvalue weighted by molar-refractivity contribution is 5.75. The molecule has 3 saturated carbocycles. The van der Waals surface area contributed by atoms with Gasteiger partial charge in [0, 0.05) is 44.5 Å². The van der Waals surface area contributed by atoms with Crippen molar-refractivity contribution in [3.05, 3.63) is 30.1 Å². The predicted octanol–water partition coefficient (Wildman–Crippen LogP) is 2.51. The summed E-state index contributed by atoms with van der Waals surface area (Å²) in [6.45, 7) is 5.69. The number of amides is 2. The first-order chi connectivity index (χ1) is 12.2. The van der Waals surface area contributed by atoms with Gasteiger partial charge in [-0.05, 0) is 62.0 Å². The molecule has 1 N–H and O–H groups in total. The minimum atomic E-state index is 0.170. The maximum absolute atomic E-state index is 12.6. The summed E-state index contributed by atoms with van der Waals surface area (Å²) in [6.07, 6.45) is 6.10. The van der Waals surface area contributed by atoms with Crippen LogP contribution in [0.25, 0.3) is 0 Å². The molecule has 4 aliphatic rings. The van der Waals surface area contributed by atoms with Crippen molar-refractivity contribution in [1.29, 1.82) is 0 Å². The van der Waals surface area contributed by atoms with Crippen molar-refractivity contribution >= 4 is 6.03 Å². The van der Waals surface area contributed by atoms with E-state index in [1.807, 2.05) is 23.2 Å². The third kappa shape index (κ3) is 2.64. The third-order valence-corrected chi connectivity index (χ3v) is 7.29. The zero-order valence-electron chi connectivity index (χ0n) is 15.0. The normalized spacial score (nSPS) is 37.6. The van der Waals surface area contributed by atoms with Crippen molar-refractivity contribution in [2.24, 2.45) is 23.7 Å². The third-order valence-electron chi connectivity index (χ3n) is 7.29. The van der Waals surface area contributed by atoms with Crippen LogP contribution in [0.2, 0.25) is 0 Å². The molecule has 5 atom stereocenters. The Morgan fingerprint density at radius 3 is 2.52 bits per heavy atom. The number of carbonyl (C=O) groups is 1. The standard InChI is InChI=1S/C20H28N4O/c1-13(16-4-2-3-7-21-16)23-8-10-24(11-9-23)20(25)22-19-17-14-5-6-15(12-14)18(17)19/h2-4,7,13-15,17-19H,5-6,8-12H2,1H3,(H,22,25)/t13-,14+,15+,17-,18-/m1/s1. The van der Waals surface area contributed by atoms with Gasteiger partial charge in [0.05, 0.1) is 5.69 Å². The second-order valence-corrected chi connectivity index (χ2v) is 8.42. The summed E-state index contributed by atoms with van der Waals surface area (Å²) >= 11 is 0. The van der Waals surface area contributed by atoms with Crippen molar-refractivity contribution in [3.63, 3.8) is 0 Å². The number of urea groups is 1. The number of aromatic nitrogens is 1. The van der Waals surface area contributed by atoms with Crippen LogP contribution in [0.3, 0.4) is 0 Å². The molecule has 3 aliphatic carbocycles. The molecular weight excluding hydrogens is 312 g/mol. The van der Waals surface area contributed by atoms with E-state index in [0.717, 1.165) is 55.5 Å². The number of piperazine rings is 1. The Bertz CT molecular complexity index is 626. The molecule has 4 fully saturated rings. The molecule has 2 heterocycles. The molecule has 1 aromatic heterocycles. The van der Waals surface area contributed by atoms with E-state index >= 15 is 0 Å². The molecule has 1 saturated heterocycles. The van der Waals surface area contributed by atoms with Crippen molar-refractivity contribution in [2.45, 2.75) is 38.3 Å². The molecule has 0 radical (unpaired) electrons. The maximum Gasteiger partial charge on any atom is 0.317 e. The predicted molar refractivity (Wildman–Crippen MR) is 95.9 cm³/mol. The number of hydrogen-bond acceptors (Lipinski definition) is 3. The Kier molecular flexibility index (Phi) is 3.73. The van der Waals surface area contributed by atoms with Gasteiger partial charge in [0.2, 0.25) is 0 Å². The lowest BCUT2D eigenvalue weighted by atomic mass is 10.0. The van der Waals surface area contributed by atoms with E-state index in [1.54, 1.807) is 0 Å². The second-order valence-electron chi connectivity index (χ2n) is 8.42. The molecule has 25 heavy (non-hydrogen) atoms. The number of rotatable bonds is 3. The molecule has 2 amide bonds. The van der Waals surface area contributed by atoms with E-state index in [0.29, 0.717) is 12.1 Å². The zero-order chi connectivity index (χ0) is 17.0. The summed E-state index contributed by atoms with van der Waals surface area (Å²) in [5, 5.41) is 3.36. The average molecular weight is 340 g/mol. The van der Waals surface area contributed by atoms with E-state index in [2.05, 4.69) is 28.2 Å². The van der Waals surface area contributed by atoms with Gasteiger partial charge in [0.1, 0.15) is 0 Å². The molecule has 0 aromatic carbocycles. The fourth-order valence-electron chi connectivity index (χ4n) is 5.87. The molecule has 5 heteroatoms. The largest absolute Gasteiger partial charge is 0.335 e. The van der Waals surface area contributed by atoms with E-state index in [9.17, 15) is 4.79 Å². The van der Waals surface area contributed by atoms with E-state index in [-0.39, 0.29) is 6.03 Å². The number of carbonyl (C=O) groups excluding carboxylic acids is 1. The summed E-state index contributed by atoms with van der Waals surface area (Å²) < 4.78 is 0. The Hall–Kier alpha value is -1.62. The zero-order valence-corrected chi connectivity index (χ0v) is 15.0. The van der Waals surface area contributed by atoms with E-state index < -0.39 is 0 Å². The monoisotopic (exact) mass is 340 g/mol. The molecule has 5 rings (SSSR count). The number of pyridine rings is 1. The summed E-state index contributed by atoms with van der Waals surface area (Å²) in [6, 6.07) is 7.06. The van der Waals surface area contributed by atoms with Crippen LogP contribution in [0.4, 0.5) is 4.79 Å². The highest BCUT2D eigenvalue weighted by atomic mass is 16.2. The maximum atomic E-state index is 12.6. The lowest BCUT2D eigenvalue weighted by Crippen LogP contribution is -2.53. The number of nitrogens with one attached hydrogen (secondary N) is 1. The van der Waals surface area contributed by atoms with Crippen molar-refractivity contribution in [2.75, 3.05) is 26.2 Å². The molecule has 5 nitrogen and oxygen atoms in total. The van der Waals surface area contributed by atoms with Crippen LogP contribution < -0.4 is 5.32 Å². The van der Waals surface area contributed by atoms with Gasteiger partial charge in [-0.2, -0.15) is 0 Å². The summed E-state index contributed by atoms with van der Waals surface area (Å²) in [7, 11) is 0. The summed E-state index contributed by atoms with van der Waals surface area (Å²) in [4.78, 5) is 21.6. The van der Waals surface area contributed by atoms with Gasteiger partial charge >= 0.3 is 6.03 Å². The first-order valence-corrected chi connectivity index (χ1v) is 9.93. The SMILES string of the molecule is C[C@H](c1ccccn1)N1CCN(C(=O)NC2[C@@H]3[C@H]4CC[C@@H](C4)[C@@H]23)CC1. The topological polar surface area (TPSA) is 48.5 Å². The van der Waals surface area contributed by atoms with Gasteiger partial charge in [-0.1, -0.05) is 6.07 Å². The Morgan fingerprint density at radius 2 is 1.88 bits per heavy atom. The van der Waals surface area contributed by atoms with E-state index in [4.69, 9.17) is 0 Å². The van der Waals surface area contributed by atoms with Gasteiger partial charge < -0.3 is 10.2 Å². The van der Waals surface area contributed by atoms with Crippen molar-refractivity contribution in [3.8, 4) is 0 Å². The first kappa shape index (κ1) is 15.6. The van der Waals surface area contributed by atoms with Gasteiger partial charge in [-0.3, -0.25) is 9.88 Å². The molecular formula is C20H28N4O. The second kappa shape index (κ2) is 5.97. The lowest BCUT2D eigenvalue weighted by molar-refractivity contribution is 0.112. The fraction of sp³-hybridized carbons (Fsp3) is 0.700. The molecule has 0 unspecified atom stereocenters. The van der Waals surface area contributed by atoms with Crippen LogP contribution in [0, 0.1) is 23.7 Å². The minimum Gasteiger partial charge on any atom is -0.335 e. The van der Waals surface area contributed by atoms with Crippen LogP contribution in [-0.2, 0) is 0 Å². The van der Waals surface area contributed by atoms with Crippen molar-refractivity contribution in [1.82, 2.24) is 20.1 Å². The van der Waals surface area contributed by atoms with Crippen LogP contribution in [0.1, 0.15) is 37.9 Å². The van der Waals surface area contributed by atoms with Crippen LogP contribution in [0.5, 0.6) is 0 Å². The number of hydrogen-bond donors (Lipinski definition) is 1. The van der Waals surface area contributed by atoms with Crippen molar-refractivity contribution < 1.29 is 4.79 Å². The smallest absolute Gasteiger partial charge is 0.317 e.